The fraction of sp³-hybridized carbons (Fsp3) is 0.364. The van der Waals surface area contributed by atoms with E-state index >= 15 is 0 Å². The number of benzene rings is 1. The minimum atomic E-state index is -1.04. The zero-order chi connectivity index (χ0) is 11.6. The molecule has 4 heteroatoms. The average Bonchev–Trinajstić information content (AvgIpc) is 2.14. The normalized spacial score (nSPS) is 14.7. The summed E-state index contributed by atoms with van der Waals surface area (Å²) in [5, 5.41) is -0.616. The summed E-state index contributed by atoms with van der Waals surface area (Å²) in [4.78, 5) is 11.2. The Morgan fingerprint density at radius 1 is 1.33 bits per heavy atom. The second-order valence-corrected chi connectivity index (χ2v) is 3.96. The lowest BCUT2D eigenvalue weighted by Crippen LogP contribution is -2.28. The van der Waals surface area contributed by atoms with E-state index in [0.29, 0.717) is 6.42 Å². The van der Waals surface area contributed by atoms with Gasteiger partial charge < -0.3 is 0 Å². The highest BCUT2D eigenvalue weighted by atomic mass is 35.5. The SMILES string of the molecule is CCC(C)(C(=O)Cl)c1cc(F)cc(F)c1. The molecule has 0 radical (unpaired) electrons. The standard InChI is InChI=1S/C11H11ClF2O/c1-3-11(2,10(12)15)7-4-8(13)6-9(14)5-7/h4-6H,3H2,1-2H3. The number of rotatable bonds is 3. The zero-order valence-corrected chi connectivity index (χ0v) is 9.24. The lowest BCUT2D eigenvalue weighted by Gasteiger charge is -2.24. The first-order valence-electron chi connectivity index (χ1n) is 4.56. The summed E-state index contributed by atoms with van der Waals surface area (Å²) in [6, 6.07) is 3.03. The van der Waals surface area contributed by atoms with Crippen LogP contribution < -0.4 is 0 Å². The first-order chi connectivity index (χ1) is 6.90. The van der Waals surface area contributed by atoms with Gasteiger partial charge >= 0.3 is 0 Å². The summed E-state index contributed by atoms with van der Waals surface area (Å²) in [7, 11) is 0. The van der Waals surface area contributed by atoms with Crippen LogP contribution in [-0.2, 0) is 10.2 Å². The minimum Gasteiger partial charge on any atom is -0.280 e. The molecule has 1 aromatic carbocycles. The highest BCUT2D eigenvalue weighted by Crippen LogP contribution is 2.31. The van der Waals surface area contributed by atoms with Crippen molar-refractivity contribution in [3.8, 4) is 0 Å². The zero-order valence-electron chi connectivity index (χ0n) is 8.48. The quantitative estimate of drug-likeness (QED) is 0.730. The van der Waals surface area contributed by atoms with Crippen LogP contribution in [0.2, 0.25) is 0 Å². The van der Waals surface area contributed by atoms with E-state index in [4.69, 9.17) is 11.6 Å². The second-order valence-electron chi connectivity index (χ2n) is 3.62. The maximum Gasteiger partial charge on any atom is 0.231 e. The summed E-state index contributed by atoms with van der Waals surface area (Å²) in [5.41, 5.74) is -0.771. The summed E-state index contributed by atoms with van der Waals surface area (Å²) in [5.74, 6) is -1.41. The molecular weight excluding hydrogens is 222 g/mol. The van der Waals surface area contributed by atoms with Gasteiger partial charge in [0.2, 0.25) is 5.24 Å². The maximum absolute atomic E-state index is 13.0. The Balaban J connectivity index is 3.29. The first kappa shape index (κ1) is 12.1. The molecule has 15 heavy (non-hydrogen) atoms. The summed E-state index contributed by atoms with van der Waals surface area (Å²) in [6.07, 6.45) is 0.387. The van der Waals surface area contributed by atoms with Crippen molar-refractivity contribution in [2.24, 2.45) is 0 Å². The van der Waals surface area contributed by atoms with E-state index in [-0.39, 0.29) is 5.56 Å². The molecule has 0 bridgehead atoms. The van der Waals surface area contributed by atoms with Gasteiger partial charge in [0.1, 0.15) is 11.6 Å². The Kier molecular flexibility index (Phi) is 3.45. The number of hydrogen-bond acceptors (Lipinski definition) is 1. The highest BCUT2D eigenvalue weighted by molar-refractivity contribution is 6.65. The van der Waals surface area contributed by atoms with Gasteiger partial charge in [-0.05, 0) is 42.6 Å². The molecule has 0 aromatic heterocycles. The highest BCUT2D eigenvalue weighted by Gasteiger charge is 2.32. The molecule has 1 nitrogen and oxygen atoms in total. The Hall–Kier alpha value is -0.960. The minimum absolute atomic E-state index is 0.266. The van der Waals surface area contributed by atoms with Gasteiger partial charge in [0, 0.05) is 6.07 Å². The Morgan fingerprint density at radius 3 is 2.13 bits per heavy atom. The molecule has 1 unspecified atom stereocenters. The van der Waals surface area contributed by atoms with E-state index in [1.165, 1.54) is 0 Å². The van der Waals surface area contributed by atoms with Crippen molar-refractivity contribution in [3.05, 3.63) is 35.4 Å². The van der Waals surface area contributed by atoms with Crippen LogP contribution in [0.25, 0.3) is 0 Å². The van der Waals surface area contributed by atoms with E-state index in [2.05, 4.69) is 0 Å². The fourth-order valence-corrected chi connectivity index (χ4v) is 1.57. The largest absolute Gasteiger partial charge is 0.280 e. The summed E-state index contributed by atoms with van der Waals surface area (Å²) < 4.78 is 25.9. The van der Waals surface area contributed by atoms with Crippen molar-refractivity contribution in [3.63, 3.8) is 0 Å². The molecule has 0 fully saturated rings. The number of halogens is 3. The molecule has 0 spiro atoms. The summed E-state index contributed by atoms with van der Waals surface area (Å²) in [6.45, 7) is 3.31. The molecule has 0 aliphatic rings. The molecule has 0 saturated carbocycles. The van der Waals surface area contributed by atoms with Gasteiger partial charge in [-0.1, -0.05) is 6.92 Å². The van der Waals surface area contributed by atoms with Crippen LogP contribution in [0.15, 0.2) is 18.2 Å². The Morgan fingerprint density at radius 2 is 1.80 bits per heavy atom. The summed E-state index contributed by atoms with van der Waals surface area (Å²) >= 11 is 5.44. The third-order valence-corrected chi connectivity index (χ3v) is 3.06. The van der Waals surface area contributed by atoms with Gasteiger partial charge in [-0.3, -0.25) is 4.79 Å². The van der Waals surface area contributed by atoms with Gasteiger partial charge in [0.25, 0.3) is 0 Å². The van der Waals surface area contributed by atoms with E-state index in [0.717, 1.165) is 18.2 Å². The number of hydrogen-bond donors (Lipinski definition) is 0. The lowest BCUT2D eigenvalue weighted by molar-refractivity contribution is -0.116. The number of carbonyl (C=O) groups is 1. The van der Waals surface area contributed by atoms with Gasteiger partial charge in [0.05, 0.1) is 5.41 Å². The van der Waals surface area contributed by atoms with Gasteiger partial charge in [-0.2, -0.15) is 0 Å². The third kappa shape index (κ3) is 2.34. The molecule has 0 aliphatic heterocycles. The van der Waals surface area contributed by atoms with Crippen molar-refractivity contribution >= 4 is 16.8 Å². The van der Waals surface area contributed by atoms with Crippen LogP contribution >= 0.6 is 11.6 Å². The second kappa shape index (κ2) is 4.27. The molecule has 82 valence electrons. The predicted octanol–water partition coefficient (Wildman–Crippen LogP) is 3.40. The molecule has 1 rings (SSSR count). The predicted molar refractivity (Wildman–Crippen MR) is 54.9 cm³/mol. The molecule has 0 N–H and O–H groups in total. The van der Waals surface area contributed by atoms with Crippen molar-refractivity contribution in [2.75, 3.05) is 0 Å². The van der Waals surface area contributed by atoms with Gasteiger partial charge in [0.15, 0.2) is 0 Å². The van der Waals surface area contributed by atoms with Crippen LogP contribution in [-0.4, -0.2) is 5.24 Å². The smallest absolute Gasteiger partial charge is 0.231 e. The molecule has 0 heterocycles. The van der Waals surface area contributed by atoms with Crippen molar-refractivity contribution in [1.29, 1.82) is 0 Å². The maximum atomic E-state index is 13.0. The molecule has 1 atom stereocenters. The van der Waals surface area contributed by atoms with Gasteiger partial charge in [-0.15, -0.1) is 0 Å². The van der Waals surface area contributed by atoms with Crippen molar-refractivity contribution in [2.45, 2.75) is 25.7 Å². The monoisotopic (exact) mass is 232 g/mol. The van der Waals surface area contributed by atoms with Crippen LogP contribution in [0.1, 0.15) is 25.8 Å². The van der Waals surface area contributed by atoms with E-state index in [1.807, 2.05) is 0 Å². The van der Waals surface area contributed by atoms with Crippen LogP contribution in [0, 0.1) is 11.6 Å². The number of carbonyl (C=O) groups excluding carboxylic acids is 1. The fourth-order valence-electron chi connectivity index (χ4n) is 1.33. The first-order valence-corrected chi connectivity index (χ1v) is 4.94. The third-order valence-electron chi connectivity index (χ3n) is 2.64. The van der Waals surface area contributed by atoms with Crippen LogP contribution in [0.3, 0.4) is 0 Å². The van der Waals surface area contributed by atoms with Crippen LogP contribution in [0.4, 0.5) is 8.78 Å². The van der Waals surface area contributed by atoms with Crippen molar-refractivity contribution < 1.29 is 13.6 Å². The van der Waals surface area contributed by atoms with E-state index in [1.54, 1.807) is 13.8 Å². The van der Waals surface area contributed by atoms with Gasteiger partial charge in [-0.25, -0.2) is 8.78 Å². The van der Waals surface area contributed by atoms with E-state index in [9.17, 15) is 13.6 Å². The van der Waals surface area contributed by atoms with E-state index < -0.39 is 22.3 Å². The Labute approximate surface area is 92.1 Å². The lowest BCUT2D eigenvalue weighted by atomic mass is 9.81. The molecule has 0 amide bonds. The average molecular weight is 233 g/mol. The molecular formula is C11H11ClF2O. The molecule has 0 aliphatic carbocycles. The Bertz CT molecular complexity index is 372. The topological polar surface area (TPSA) is 17.1 Å². The molecule has 1 aromatic rings. The van der Waals surface area contributed by atoms with Crippen LogP contribution in [0.5, 0.6) is 0 Å². The molecule has 0 saturated heterocycles. The van der Waals surface area contributed by atoms with Crippen molar-refractivity contribution in [1.82, 2.24) is 0 Å².